The quantitative estimate of drug-likeness (QED) is 0.569. The molecule has 0 N–H and O–H groups in total. The molecule has 0 saturated carbocycles. The van der Waals surface area contributed by atoms with E-state index in [2.05, 4.69) is 21.1 Å². The summed E-state index contributed by atoms with van der Waals surface area (Å²) in [5.74, 6) is -0.113. The van der Waals surface area contributed by atoms with Gasteiger partial charge >= 0.3 is 0 Å². The van der Waals surface area contributed by atoms with Crippen molar-refractivity contribution in [2.24, 2.45) is 5.16 Å². The summed E-state index contributed by atoms with van der Waals surface area (Å²) >= 11 is 3.43. The Morgan fingerprint density at radius 2 is 1.87 bits per heavy atom. The van der Waals surface area contributed by atoms with Gasteiger partial charge in [0, 0.05) is 23.6 Å². The molecule has 1 atom stereocenters. The second kappa shape index (κ2) is 8.48. The predicted octanol–water partition coefficient (Wildman–Crippen LogP) is 3.85. The van der Waals surface area contributed by atoms with Gasteiger partial charge in [0.15, 0.2) is 0 Å². The molecule has 23 heavy (non-hydrogen) atoms. The number of rotatable bonds is 6. The van der Waals surface area contributed by atoms with Crippen molar-refractivity contribution in [1.29, 1.82) is 0 Å². The van der Waals surface area contributed by atoms with Gasteiger partial charge in [-0.15, -0.1) is 0 Å². The summed E-state index contributed by atoms with van der Waals surface area (Å²) < 4.78 is 0.924. The van der Waals surface area contributed by atoms with Gasteiger partial charge in [0.1, 0.15) is 0 Å². The van der Waals surface area contributed by atoms with Crippen LogP contribution in [0, 0.1) is 0 Å². The molecule has 1 amide bonds. The largest absolute Gasteiger partial charge is 0.383 e. The SMILES string of the molecule is C[C@@H](O/N=C\c1ccccc1Br)C(=O)N(C)Cc1ccccc1. The summed E-state index contributed by atoms with van der Waals surface area (Å²) in [7, 11) is 1.76. The third-order valence-electron chi connectivity index (χ3n) is 3.30. The molecule has 0 saturated heterocycles. The van der Waals surface area contributed by atoms with Gasteiger partial charge < -0.3 is 9.74 Å². The Labute approximate surface area is 144 Å². The van der Waals surface area contributed by atoms with Gasteiger partial charge in [0.25, 0.3) is 5.91 Å². The van der Waals surface area contributed by atoms with E-state index in [1.165, 1.54) is 0 Å². The number of hydrogen-bond donors (Lipinski definition) is 0. The fraction of sp³-hybridized carbons (Fsp3) is 0.222. The molecule has 2 aromatic carbocycles. The van der Waals surface area contributed by atoms with Gasteiger partial charge in [-0.1, -0.05) is 69.6 Å². The van der Waals surface area contributed by atoms with Crippen LogP contribution < -0.4 is 0 Å². The summed E-state index contributed by atoms with van der Waals surface area (Å²) in [5.41, 5.74) is 1.97. The highest BCUT2D eigenvalue weighted by Crippen LogP contribution is 2.13. The second-order valence-corrected chi connectivity index (χ2v) is 6.04. The maximum atomic E-state index is 12.3. The number of nitrogens with zero attached hydrogens (tertiary/aromatic N) is 2. The van der Waals surface area contributed by atoms with E-state index in [1.54, 1.807) is 25.1 Å². The summed E-state index contributed by atoms with van der Waals surface area (Å²) in [6.07, 6.45) is 0.952. The van der Waals surface area contributed by atoms with Crippen molar-refractivity contribution in [2.45, 2.75) is 19.6 Å². The van der Waals surface area contributed by atoms with E-state index in [9.17, 15) is 4.79 Å². The normalized spacial score (nSPS) is 12.1. The van der Waals surface area contributed by atoms with Gasteiger partial charge in [0.2, 0.25) is 6.10 Å². The van der Waals surface area contributed by atoms with Crippen molar-refractivity contribution < 1.29 is 9.63 Å². The fourth-order valence-corrected chi connectivity index (χ4v) is 2.44. The molecule has 5 heteroatoms. The van der Waals surface area contributed by atoms with E-state index < -0.39 is 6.10 Å². The maximum Gasteiger partial charge on any atom is 0.266 e. The van der Waals surface area contributed by atoms with Crippen LogP contribution in [0.5, 0.6) is 0 Å². The molecule has 0 aliphatic rings. The molecule has 0 radical (unpaired) electrons. The number of carbonyl (C=O) groups is 1. The third kappa shape index (κ3) is 5.21. The molecule has 0 fully saturated rings. The smallest absolute Gasteiger partial charge is 0.266 e. The molecule has 0 aliphatic carbocycles. The van der Waals surface area contributed by atoms with Crippen molar-refractivity contribution in [3.63, 3.8) is 0 Å². The Morgan fingerprint density at radius 1 is 1.22 bits per heavy atom. The lowest BCUT2D eigenvalue weighted by Gasteiger charge is -2.20. The molecule has 0 aromatic heterocycles. The minimum absolute atomic E-state index is 0.113. The van der Waals surface area contributed by atoms with Crippen LogP contribution in [0.25, 0.3) is 0 Å². The van der Waals surface area contributed by atoms with Crippen LogP contribution in [0.2, 0.25) is 0 Å². The van der Waals surface area contributed by atoms with Crippen molar-refractivity contribution in [3.8, 4) is 0 Å². The highest BCUT2D eigenvalue weighted by atomic mass is 79.9. The number of halogens is 1. The Hall–Kier alpha value is -2.14. The van der Waals surface area contributed by atoms with E-state index in [0.717, 1.165) is 15.6 Å². The Morgan fingerprint density at radius 3 is 2.57 bits per heavy atom. The van der Waals surface area contributed by atoms with E-state index in [1.807, 2.05) is 54.6 Å². The molecule has 120 valence electrons. The lowest BCUT2D eigenvalue weighted by molar-refractivity contribution is -0.141. The molecule has 0 heterocycles. The number of benzene rings is 2. The van der Waals surface area contributed by atoms with Crippen LogP contribution in [0.15, 0.2) is 64.2 Å². The monoisotopic (exact) mass is 374 g/mol. The molecule has 2 aromatic rings. The molecular weight excluding hydrogens is 356 g/mol. The number of carbonyl (C=O) groups excluding carboxylic acids is 1. The summed E-state index contributed by atoms with van der Waals surface area (Å²) in [6, 6.07) is 17.5. The number of amides is 1. The third-order valence-corrected chi connectivity index (χ3v) is 4.02. The first kappa shape index (κ1) is 17.2. The average Bonchev–Trinajstić information content (AvgIpc) is 2.56. The first-order chi connectivity index (χ1) is 11.1. The first-order valence-electron chi connectivity index (χ1n) is 7.30. The van der Waals surface area contributed by atoms with Gasteiger partial charge in [0.05, 0.1) is 6.21 Å². The molecule has 0 spiro atoms. The van der Waals surface area contributed by atoms with Crippen molar-refractivity contribution in [3.05, 3.63) is 70.2 Å². The zero-order valence-corrected chi connectivity index (χ0v) is 14.7. The highest BCUT2D eigenvalue weighted by Gasteiger charge is 2.18. The second-order valence-electron chi connectivity index (χ2n) is 5.18. The Bertz CT molecular complexity index is 674. The van der Waals surface area contributed by atoms with Crippen LogP contribution in [0.4, 0.5) is 0 Å². The summed E-state index contributed by atoms with van der Waals surface area (Å²) in [4.78, 5) is 19.2. The van der Waals surface area contributed by atoms with Crippen LogP contribution in [0.3, 0.4) is 0 Å². The molecular formula is C18H19BrN2O2. The van der Waals surface area contributed by atoms with Crippen LogP contribution >= 0.6 is 15.9 Å². The standard InChI is InChI=1S/C18H19BrN2O2/c1-14(23-20-12-16-10-6-7-11-17(16)19)18(22)21(2)13-15-8-4-3-5-9-15/h3-12,14H,13H2,1-2H3/b20-12-/t14-/m1/s1. The highest BCUT2D eigenvalue weighted by molar-refractivity contribution is 9.10. The van der Waals surface area contributed by atoms with Crippen LogP contribution in [0.1, 0.15) is 18.1 Å². The van der Waals surface area contributed by atoms with Gasteiger partial charge in [-0.25, -0.2) is 0 Å². The minimum Gasteiger partial charge on any atom is -0.383 e. The van der Waals surface area contributed by atoms with Gasteiger partial charge in [-0.05, 0) is 18.6 Å². The van der Waals surface area contributed by atoms with E-state index >= 15 is 0 Å². The zero-order valence-electron chi connectivity index (χ0n) is 13.1. The Kier molecular flexibility index (Phi) is 6.35. The van der Waals surface area contributed by atoms with Crippen molar-refractivity contribution >= 4 is 28.1 Å². The number of oxime groups is 1. The summed E-state index contributed by atoms with van der Waals surface area (Å²) in [6.45, 7) is 2.24. The van der Waals surface area contributed by atoms with E-state index in [-0.39, 0.29) is 5.91 Å². The van der Waals surface area contributed by atoms with Gasteiger partial charge in [-0.3, -0.25) is 4.79 Å². The molecule has 0 aliphatic heterocycles. The maximum absolute atomic E-state index is 12.3. The molecule has 4 nitrogen and oxygen atoms in total. The molecule has 0 unspecified atom stereocenters. The average molecular weight is 375 g/mol. The molecule has 2 rings (SSSR count). The first-order valence-corrected chi connectivity index (χ1v) is 8.10. The predicted molar refractivity (Wildman–Crippen MR) is 95.2 cm³/mol. The fourth-order valence-electron chi connectivity index (χ4n) is 2.05. The lowest BCUT2D eigenvalue weighted by Crippen LogP contribution is -2.35. The number of likely N-dealkylation sites (N-methyl/N-ethyl adjacent to an activating group) is 1. The zero-order chi connectivity index (χ0) is 16.7. The van der Waals surface area contributed by atoms with Crippen LogP contribution in [-0.2, 0) is 16.2 Å². The number of hydrogen-bond acceptors (Lipinski definition) is 3. The van der Waals surface area contributed by atoms with E-state index in [0.29, 0.717) is 6.54 Å². The lowest BCUT2D eigenvalue weighted by atomic mass is 10.2. The van der Waals surface area contributed by atoms with Crippen LogP contribution in [-0.4, -0.2) is 30.2 Å². The Balaban J connectivity index is 1.88. The topological polar surface area (TPSA) is 41.9 Å². The van der Waals surface area contributed by atoms with Gasteiger partial charge in [-0.2, -0.15) is 0 Å². The van der Waals surface area contributed by atoms with Crippen molar-refractivity contribution in [2.75, 3.05) is 7.05 Å². The summed E-state index contributed by atoms with van der Waals surface area (Å²) in [5, 5.41) is 3.91. The molecule has 0 bridgehead atoms. The van der Waals surface area contributed by atoms with E-state index in [4.69, 9.17) is 4.84 Å². The minimum atomic E-state index is -0.637. The van der Waals surface area contributed by atoms with Crippen molar-refractivity contribution in [1.82, 2.24) is 4.90 Å².